The van der Waals surface area contributed by atoms with Gasteiger partial charge in [-0.1, -0.05) is 43.8 Å². The molecule has 0 bridgehead atoms. The van der Waals surface area contributed by atoms with Crippen molar-refractivity contribution >= 4 is 11.6 Å². The number of hydrogen-bond acceptors (Lipinski definition) is 1. The molecule has 132 valence electrons. The van der Waals surface area contributed by atoms with E-state index in [-0.39, 0.29) is 29.2 Å². The van der Waals surface area contributed by atoms with Gasteiger partial charge in [0.1, 0.15) is 0 Å². The molecule has 24 heavy (non-hydrogen) atoms. The van der Waals surface area contributed by atoms with Gasteiger partial charge >= 0.3 is 6.03 Å². The van der Waals surface area contributed by atoms with Crippen LogP contribution in [0.1, 0.15) is 60.5 Å². The van der Waals surface area contributed by atoms with Gasteiger partial charge in [0.2, 0.25) is 0 Å². The zero-order valence-corrected chi connectivity index (χ0v) is 16.3. The first-order valence-electron chi connectivity index (χ1n) is 8.87. The fourth-order valence-corrected chi connectivity index (χ4v) is 3.80. The lowest BCUT2D eigenvalue weighted by Gasteiger charge is -2.38. The summed E-state index contributed by atoms with van der Waals surface area (Å²) < 4.78 is 0. The summed E-state index contributed by atoms with van der Waals surface area (Å²) in [5.74, 6) is 0. The molecule has 0 spiro atoms. The highest BCUT2D eigenvalue weighted by Gasteiger charge is 2.53. The molecule has 0 saturated carbocycles. The van der Waals surface area contributed by atoms with E-state index >= 15 is 0 Å². The first-order chi connectivity index (χ1) is 11.0. The Kier molecular flexibility index (Phi) is 4.85. The third-order valence-electron chi connectivity index (χ3n) is 4.75. The maximum Gasteiger partial charge on any atom is 0.321 e. The van der Waals surface area contributed by atoms with Crippen LogP contribution >= 0.6 is 0 Å². The summed E-state index contributed by atoms with van der Waals surface area (Å²) in [5, 5.41) is 0. The maximum absolute atomic E-state index is 13.3. The molecule has 1 aliphatic rings. The van der Waals surface area contributed by atoms with Crippen LogP contribution in [-0.2, 0) is 0 Å². The van der Waals surface area contributed by atoms with Crippen molar-refractivity contribution in [1.82, 2.24) is 9.80 Å². The van der Waals surface area contributed by atoms with E-state index in [1.807, 2.05) is 23.1 Å². The second kappa shape index (κ2) is 6.27. The number of urea groups is 1. The van der Waals surface area contributed by atoms with E-state index < -0.39 is 0 Å². The van der Waals surface area contributed by atoms with Gasteiger partial charge in [0.05, 0.1) is 12.1 Å². The largest absolute Gasteiger partial charge is 0.321 e. The second-order valence-electron chi connectivity index (χ2n) is 8.68. The molecule has 1 aliphatic heterocycles. The third kappa shape index (κ3) is 3.22. The Morgan fingerprint density at radius 3 is 1.92 bits per heavy atom. The van der Waals surface area contributed by atoms with E-state index in [0.29, 0.717) is 0 Å². The molecule has 1 aromatic carbocycles. The van der Waals surface area contributed by atoms with E-state index in [2.05, 4.69) is 72.1 Å². The molecule has 0 aromatic heterocycles. The van der Waals surface area contributed by atoms with Gasteiger partial charge in [-0.15, -0.1) is 0 Å². The number of carbonyl (C=O) groups excluding carboxylic acids is 1. The lowest BCUT2D eigenvalue weighted by molar-refractivity contribution is 0.122. The Bertz CT molecular complexity index is 607. The maximum atomic E-state index is 13.3. The fraction of sp³-hybridized carbons (Fsp3) is 0.571. The smallest absolute Gasteiger partial charge is 0.314 e. The molecule has 1 saturated heterocycles. The summed E-state index contributed by atoms with van der Waals surface area (Å²) in [7, 11) is 0. The van der Waals surface area contributed by atoms with E-state index in [1.165, 1.54) is 0 Å². The van der Waals surface area contributed by atoms with Crippen molar-refractivity contribution in [3.8, 4) is 0 Å². The second-order valence-corrected chi connectivity index (χ2v) is 8.68. The van der Waals surface area contributed by atoms with Gasteiger partial charge in [0.25, 0.3) is 0 Å². The molecule has 1 fully saturated rings. The molecule has 3 heteroatoms. The molecule has 2 atom stereocenters. The van der Waals surface area contributed by atoms with E-state index in [0.717, 1.165) is 17.6 Å². The minimum absolute atomic E-state index is 0.0101. The quantitative estimate of drug-likeness (QED) is 0.750. The summed E-state index contributed by atoms with van der Waals surface area (Å²) in [5.41, 5.74) is 1.66. The van der Waals surface area contributed by atoms with Crippen LogP contribution in [0.15, 0.2) is 36.9 Å². The predicted octanol–water partition coefficient (Wildman–Crippen LogP) is 5.18. The highest BCUT2D eigenvalue weighted by Crippen LogP contribution is 2.41. The molecular weight excluding hydrogens is 296 g/mol. The van der Waals surface area contributed by atoms with Crippen LogP contribution in [0.5, 0.6) is 0 Å². The number of carbonyl (C=O) groups is 1. The van der Waals surface area contributed by atoms with Gasteiger partial charge in [-0.2, -0.15) is 0 Å². The van der Waals surface area contributed by atoms with Crippen LogP contribution in [0.4, 0.5) is 4.79 Å². The molecule has 1 aromatic rings. The molecule has 0 N–H and O–H groups in total. The first kappa shape index (κ1) is 18.6. The number of nitrogens with zero attached hydrogens (tertiary/aromatic N) is 2. The number of hydrogen-bond donors (Lipinski definition) is 0. The topological polar surface area (TPSA) is 23.6 Å². The van der Waals surface area contributed by atoms with Crippen LogP contribution in [0.25, 0.3) is 5.57 Å². The van der Waals surface area contributed by atoms with Gasteiger partial charge in [-0.25, -0.2) is 4.79 Å². The van der Waals surface area contributed by atoms with Gasteiger partial charge in [-0.3, -0.25) is 0 Å². The molecule has 1 heterocycles. The van der Waals surface area contributed by atoms with Crippen LogP contribution in [0.3, 0.4) is 0 Å². The van der Waals surface area contributed by atoms with Crippen molar-refractivity contribution in [2.24, 2.45) is 0 Å². The van der Waals surface area contributed by atoms with Crippen LogP contribution in [0, 0.1) is 0 Å². The fourth-order valence-electron chi connectivity index (χ4n) is 3.80. The summed E-state index contributed by atoms with van der Waals surface area (Å²) >= 11 is 0. The van der Waals surface area contributed by atoms with Crippen LogP contribution in [0.2, 0.25) is 0 Å². The molecule has 2 rings (SSSR count). The highest BCUT2D eigenvalue weighted by molar-refractivity contribution is 5.85. The minimum Gasteiger partial charge on any atom is -0.314 e. The van der Waals surface area contributed by atoms with Gasteiger partial charge in [-0.05, 0) is 59.1 Å². The Morgan fingerprint density at radius 2 is 1.50 bits per heavy atom. The summed E-state index contributed by atoms with van der Waals surface area (Å²) in [6, 6.07) is 10.5. The number of benzene rings is 1. The van der Waals surface area contributed by atoms with Crippen molar-refractivity contribution < 1.29 is 4.79 Å². The highest BCUT2D eigenvalue weighted by atomic mass is 16.2. The van der Waals surface area contributed by atoms with Crippen molar-refractivity contribution in [2.75, 3.05) is 0 Å². The monoisotopic (exact) mass is 328 g/mol. The van der Waals surface area contributed by atoms with E-state index in [9.17, 15) is 4.79 Å². The van der Waals surface area contributed by atoms with Gasteiger partial charge in [0.15, 0.2) is 0 Å². The van der Waals surface area contributed by atoms with E-state index in [4.69, 9.17) is 0 Å². The molecule has 2 amide bonds. The Hall–Kier alpha value is -1.77. The first-order valence-corrected chi connectivity index (χ1v) is 8.87. The van der Waals surface area contributed by atoms with Crippen molar-refractivity contribution in [3.05, 3.63) is 42.5 Å². The summed E-state index contributed by atoms with van der Waals surface area (Å²) in [6.07, 6.45) is 0.909. The molecule has 0 unspecified atom stereocenters. The van der Waals surface area contributed by atoms with Gasteiger partial charge < -0.3 is 9.80 Å². The molecule has 0 radical (unpaired) electrons. The average Bonchev–Trinajstić information content (AvgIpc) is 2.79. The van der Waals surface area contributed by atoms with E-state index in [1.54, 1.807) is 0 Å². The third-order valence-corrected chi connectivity index (χ3v) is 4.75. The molecule has 3 nitrogen and oxygen atoms in total. The van der Waals surface area contributed by atoms with Crippen molar-refractivity contribution in [3.63, 3.8) is 0 Å². The summed E-state index contributed by atoms with van der Waals surface area (Å²) in [4.78, 5) is 17.4. The lowest BCUT2D eigenvalue weighted by atomic mass is 9.89. The van der Waals surface area contributed by atoms with Crippen molar-refractivity contribution in [2.45, 2.75) is 78.0 Å². The minimum atomic E-state index is -0.257. The zero-order chi connectivity index (χ0) is 18.3. The van der Waals surface area contributed by atoms with Crippen LogP contribution < -0.4 is 0 Å². The normalized spacial score (nSPS) is 22.2. The van der Waals surface area contributed by atoms with Gasteiger partial charge in [0, 0.05) is 11.1 Å². The average molecular weight is 329 g/mol. The number of rotatable bonds is 3. The molecule has 0 aliphatic carbocycles. The predicted molar refractivity (Wildman–Crippen MR) is 102 cm³/mol. The Labute approximate surface area is 147 Å². The van der Waals surface area contributed by atoms with Crippen molar-refractivity contribution in [1.29, 1.82) is 0 Å². The molecular formula is C21H32N2O. The SMILES string of the molecule is C=C(c1ccccc1)[C@@H]1[C@@H](CC)N(C(C)(C)C)C(=O)N1C(C)(C)C. The Balaban J connectivity index is 2.56. The summed E-state index contributed by atoms with van der Waals surface area (Å²) in [6.45, 7) is 19.2. The Morgan fingerprint density at radius 1 is 1.00 bits per heavy atom. The standard InChI is InChI=1S/C21H32N2O/c1-9-17-18(15(2)16-13-11-10-12-14-16)23(21(6,7)8)19(24)22(17)20(3,4)5/h10-14,17-18H,2,9H2,1,3-8H3/t17-,18-/m1/s1. The van der Waals surface area contributed by atoms with Crippen LogP contribution in [-0.4, -0.2) is 39.0 Å². The zero-order valence-electron chi connectivity index (χ0n) is 16.3. The number of amides is 2. The lowest BCUT2D eigenvalue weighted by Crippen LogP contribution is -2.50.